The fourth-order valence-corrected chi connectivity index (χ4v) is 2.24. The van der Waals surface area contributed by atoms with Gasteiger partial charge in [0.1, 0.15) is 0 Å². The number of likely N-dealkylation sites (tertiary alicyclic amines) is 1. The second kappa shape index (κ2) is 5.21. The number of nitrogens with two attached hydrogens (primary N) is 1. The van der Waals surface area contributed by atoms with Gasteiger partial charge in [0.25, 0.3) is 0 Å². The Balaban J connectivity index is 2.13. The number of amides is 1. The van der Waals surface area contributed by atoms with Crippen molar-refractivity contribution in [3.63, 3.8) is 0 Å². The number of hydrogen-bond acceptors (Lipinski definition) is 2. The molecule has 0 spiro atoms. The largest absolute Gasteiger partial charge is 0.416 e. The molecule has 3 nitrogen and oxygen atoms in total. The molecule has 1 aromatic rings. The van der Waals surface area contributed by atoms with Crippen LogP contribution in [0.2, 0.25) is 0 Å². The summed E-state index contributed by atoms with van der Waals surface area (Å²) in [6.07, 6.45) is -3.96. The summed E-state index contributed by atoms with van der Waals surface area (Å²) in [5.74, 6) is -0.301. The molecule has 2 rings (SSSR count). The fraction of sp³-hybridized carbons (Fsp3) is 0.462. The number of benzene rings is 1. The lowest BCUT2D eigenvalue weighted by molar-refractivity contribution is -0.138. The molecule has 1 amide bonds. The summed E-state index contributed by atoms with van der Waals surface area (Å²) in [6, 6.07) is 5.10. The van der Waals surface area contributed by atoms with Gasteiger partial charge < -0.3 is 10.6 Å². The van der Waals surface area contributed by atoms with Crippen molar-refractivity contribution in [2.45, 2.75) is 25.1 Å². The van der Waals surface area contributed by atoms with Gasteiger partial charge in [0.05, 0.1) is 12.0 Å². The highest BCUT2D eigenvalue weighted by atomic mass is 19.4. The van der Waals surface area contributed by atoms with Crippen molar-refractivity contribution in [2.24, 2.45) is 5.73 Å². The molecule has 19 heavy (non-hydrogen) atoms. The first-order valence-electron chi connectivity index (χ1n) is 6.06. The molecular formula is C13H15F3N2O. The molecule has 1 fully saturated rings. The van der Waals surface area contributed by atoms with Gasteiger partial charge in [-0.25, -0.2) is 0 Å². The predicted octanol–water partition coefficient (Wildman–Crippen LogP) is 1.81. The lowest BCUT2D eigenvalue weighted by Gasteiger charge is -2.18. The van der Waals surface area contributed by atoms with Crippen molar-refractivity contribution in [1.82, 2.24) is 4.90 Å². The third-order valence-corrected chi connectivity index (χ3v) is 3.24. The van der Waals surface area contributed by atoms with Gasteiger partial charge in [-0.05, 0) is 18.1 Å². The first-order valence-corrected chi connectivity index (χ1v) is 6.06. The lowest BCUT2D eigenvalue weighted by atomic mass is 10.0. The standard InChI is InChI=1S/C13H15F3N2O/c14-13(15,16)11-4-2-1-3-9(11)7-12(19)18-6-5-10(17)8-18/h1-4,10H,5-8,17H2/t10-/m0/s1. The van der Waals surface area contributed by atoms with Crippen molar-refractivity contribution in [3.8, 4) is 0 Å². The molecular weight excluding hydrogens is 257 g/mol. The number of nitrogens with zero attached hydrogens (tertiary/aromatic N) is 1. The summed E-state index contributed by atoms with van der Waals surface area (Å²) in [5, 5.41) is 0. The molecule has 1 heterocycles. The molecule has 0 bridgehead atoms. The van der Waals surface area contributed by atoms with Crippen molar-refractivity contribution >= 4 is 5.91 Å². The van der Waals surface area contributed by atoms with E-state index in [1.165, 1.54) is 23.1 Å². The van der Waals surface area contributed by atoms with Gasteiger partial charge in [-0.3, -0.25) is 4.79 Å². The van der Waals surface area contributed by atoms with Crippen LogP contribution in [0.3, 0.4) is 0 Å². The van der Waals surface area contributed by atoms with Gasteiger partial charge in [0.15, 0.2) is 0 Å². The van der Waals surface area contributed by atoms with Crippen molar-refractivity contribution in [3.05, 3.63) is 35.4 Å². The van der Waals surface area contributed by atoms with Crippen LogP contribution in [0.1, 0.15) is 17.5 Å². The van der Waals surface area contributed by atoms with Crippen LogP contribution in [0.15, 0.2) is 24.3 Å². The molecule has 0 saturated carbocycles. The van der Waals surface area contributed by atoms with Crippen LogP contribution in [-0.2, 0) is 17.4 Å². The quantitative estimate of drug-likeness (QED) is 0.892. The molecule has 0 aromatic heterocycles. The molecule has 0 unspecified atom stereocenters. The summed E-state index contributed by atoms with van der Waals surface area (Å²) < 4.78 is 38.4. The van der Waals surface area contributed by atoms with Crippen LogP contribution in [0.25, 0.3) is 0 Å². The first kappa shape index (κ1) is 13.9. The highest BCUT2D eigenvalue weighted by molar-refractivity contribution is 5.79. The zero-order valence-corrected chi connectivity index (χ0v) is 10.3. The molecule has 2 N–H and O–H groups in total. The van der Waals surface area contributed by atoms with E-state index in [9.17, 15) is 18.0 Å². The zero-order valence-electron chi connectivity index (χ0n) is 10.3. The summed E-state index contributed by atoms with van der Waals surface area (Å²) in [4.78, 5) is 13.5. The van der Waals surface area contributed by atoms with E-state index < -0.39 is 11.7 Å². The monoisotopic (exact) mass is 272 g/mol. The molecule has 1 aromatic carbocycles. The topological polar surface area (TPSA) is 46.3 Å². The van der Waals surface area contributed by atoms with Gasteiger partial charge in [-0.15, -0.1) is 0 Å². The molecule has 1 aliphatic rings. The minimum Gasteiger partial charge on any atom is -0.341 e. The van der Waals surface area contributed by atoms with Gasteiger partial charge >= 0.3 is 6.18 Å². The molecule has 0 aliphatic carbocycles. The molecule has 0 radical (unpaired) electrons. The number of hydrogen-bond donors (Lipinski definition) is 1. The maximum Gasteiger partial charge on any atom is 0.416 e. The van der Waals surface area contributed by atoms with Crippen LogP contribution in [0, 0.1) is 0 Å². The Morgan fingerprint density at radius 1 is 1.37 bits per heavy atom. The summed E-state index contributed by atoms with van der Waals surface area (Å²) in [7, 11) is 0. The number of alkyl halides is 3. The normalized spacial score (nSPS) is 19.8. The molecule has 1 saturated heterocycles. The van der Waals surface area contributed by atoms with Crippen LogP contribution in [-0.4, -0.2) is 29.9 Å². The van der Waals surface area contributed by atoms with Crippen LogP contribution in [0.5, 0.6) is 0 Å². The van der Waals surface area contributed by atoms with Crippen LogP contribution in [0.4, 0.5) is 13.2 Å². The molecule has 104 valence electrons. The van der Waals surface area contributed by atoms with E-state index in [1.54, 1.807) is 0 Å². The summed E-state index contributed by atoms with van der Waals surface area (Å²) in [6.45, 7) is 0.946. The first-order chi connectivity index (χ1) is 8.88. The number of rotatable bonds is 2. The molecule has 1 aliphatic heterocycles. The van der Waals surface area contributed by atoms with Crippen molar-refractivity contribution in [1.29, 1.82) is 0 Å². The minimum atomic E-state index is -4.43. The SMILES string of the molecule is N[C@H]1CCN(C(=O)Cc2ccccc2C(F)(F)F)C1. The van der Waals surface area contributed by atoms with E-state index >= 15 is 0 Å². The molecule has 1 atom stereocenters. The number of carbonyl (C=O) groups excluding carboxylic acids is 1. The number of carbonyl (C=O) groups is 1. The smallest absolute Gasteiger partial charge is 0.341 e. The van der Waals surface area contributed by atoms with E-state index in [4.69, 9.17) is 5.73 Å². The van der Waals surface area contributed by atoms with E-state index in [-0.39, 0.29) is 23.9 Å². The second-order valence-corrected chi connectivity index (χ2v) is 4.72. The highest BCUT2D eigenvalue weighted by Gasteiger charge is 2.34. The van der Waals surface area contributed by atoms with E-state index in [0.29, 0.717) is 19.5 Å². The summed E-state index contributed by atoms with van der Waals surface area (Å²) >= 11 is 0. The Hall–Kier alpha value is -1.56. The van der Waals surface area contributed by atoms with E-state index in [2.05, 4.69) is 0 Å². The van der Waals surface area contributed by atoms with Gasteiger partial charge in [0, 0.05) is 19.1 Å². The van der Waals surface area contributed by atoms with E-state index in [1.807, 2.05) is 0 Å². The Morgan fingerprint density at radius 3 is 2.63 bits per heavy atom. The van der Waals surface area contributed by atoms with Gasteiger partial charge in [0.2, 0.25) is 5.91 Å². The second-order valence-electron chi connectivity index (χ2n) is 4.72. The Morgan fingerprint density at radius 2 is 2.05 bits per heavy atom. The lowest BCUT2D eigenvalue weighted by Crippen LogP contribution is -2.33. The van der Waals surface area contributed by atoms with E-state index in [0.717, 1.165) is 6.07 Å². The highest BCUT2D eigenvalue weighted by Crippen LogP contribution is 2.32. The maximum atomic E-state index is 12.8. The minimum absolute atomic E-state index is 0.0143. The Kier molecular flexibility index (Phi) is 3.80. The Labute approximate surface area is 109 Å². The van der Waals surface area contributed by atoms with Gasteiger partial charge in [-0.1, -0.05) is 18.2 Å². The third kappa shape index (κ3) is 3.26. The maximum absolute atomic E-state index is 12.8. The average molecular weight is 272 g/mol. The van der Waals surface area contributed by atoms with Gasteiger partial charge in [-0.2, -0.15) is 13.2 Å². The fourth-order valence-electron chi connectivity index (χ4n) is 2.24. The predicted molar refractivity (Wildman–Crippen MR) is 64.3 cm³/mol. The average Bonchev–Trinajstić information content (AvgIpc) is 2.75. The van der Waals surface area contributed by atoms with Crippen LogP contribution < -0.4 is 5.73 Å². The number of halogens is 3. The van der Waals surface area contributed by atoms with Crippen molar-refractivity contribution < 1.29 is 18.0 Å². The van der Waals surface area contributed by atoms with Crippen molar-refractivity contribution in [2.75, 3.05) is 13.1 Å². The zero-order chi connectivity index (χ0) is 14.0. The third-order valence-electron chi connectivity index (χ3n) is 3.24. The van der Waals surface area contributed by atoms with Crippen LogP contribution >= 0.6 is 0 Å². The Bertz CT molecular complexity index is 473. The summed E-state index contributed by atoms with van der Waals surface area (Å²) in [5.41, 5.74) is 4.95. The molecule has 6 heteroatoms.